The van der Waals surface area contributed by atoms with Gasteiger partial charge in [0.15, 0.2) is 0 Å². The normalized spacial score (nSPS) is 18.3. The highest BCUT2D eigenvalue weighted by Gasteiger charge is 2.49. The van der Waals surface area contributed by atoms with Gasteiger partial charge < -0.3 is 9.84 Å². The predicted molar refractivity (Wildman–Crippen MR) is 101 cm³/mol. The molecular weight excluding hydrogens is 330 g/mol. The number of hydrogen-bond acceptors (Lipinski definition) is 4. The molecule has 1 fully saturated rings. The van der Waals surface area contributed by atoms with Crippen LogP contribution in [0, 0.1) is 5.41 Å². The molecule has 2 rings (SSSR count). The van der Waals surface area contributed by atoms with Gasteiger partial charge in [0.2, 0.25) is 11.8 Å². The smallest absolute Gasteiger partial charge is 0.235 e. The molecule has 1 unspecified atom stereocenters. The van der Waals surface area contributed by atoms with Crippen LogP contribution in [0.2, 0.25) is 0 Å². The molecule has 1 N–H and O–H groups in total. The second kappa shape index (κ2) is 7.78. The molecule has 0 aromatic heterocycles. The standard InChI is InChI=1S/C21H31NO4/c1-6-21(7-2)12-18(24)22(19(21)25)13-16(23)14-26-17-10-8-15(9-11-17)20(3,4)5/h8-11,16,23H,6-7,12-14H2,1-5H3. The summed E-state index contributed by atoms with van der Waals surface area (Å²) in [5.41, 5.74) is 0.675. The average molecular weight is 361 g/mol. The van der Waals surface area contributed by atoms with Crippen LogP contribution in [0.15, 0.2) is 24.3 Å². The van der Waals surface area contributed by atoms with Gasteiger partial charge >= 0.3 is 0 Å². The van der Waals surface area contributed by atoms with Crippen LogP contribution < -0.4 is 4.74 Å². The van der Waals surface area contributed by atoms with E-state index in [2.05, 4.69) is 20.8 Å². The number of rotatable bonds is 7. The van der Waals surface area contributed by atoms with E-state index in [4.69, 9.17) is 4.74 Å². The number of hydrogen-bond donors (Lipinski definition) is 1. The molecule has 1 aliphatic rings. The Hall–Kier alpha value is -1.88. The molecule has 26 heavy (non-hydrogen) atoms. The van der Waals surface area contributed by atoms with Crippen molar-refractivity contribution in [2.45, 2.75) is 65.4 Å². The van der Waals surface area contributed by atoms with Gasteiger partial charge in [-0.2, -0.15) is 0 Å². The Bertz CT molecular complexity index is 641. The Balaban J connectivity index is 1.92. The third-order valence-electron chi connectivity index (χ3n) is 5.40. The fraction of sp³-hybridized carbons (Fsp3) is 0.619. The Morgan fingerprint density at radius 3 is 2.19 bits per heavy atom. The molecule has 1 aromatic rings. The van der Waals surface area contributed by atoms with E-state index in [-0.39, 0.29) is 36.8 Å². The average Bonchev–Trinajstić information content (AvgIpc) is 2.84. The summed E-state index contributed by atoms with van der Waals surface area (Å²) >= 11 is 0. The number of aliphatic hydroxyl groups is 1. The molecule has 0 radical (unpaired) electrons. The van der Waals surface area contributed by atoms with E-state index in [0.29, 0.717) is 18.6 Å². The number of ether oxygens (including phenoxy) is 1. The van der Waals surface area contributed by atoms with Crippen LogP contribution in [0.1, 0.15) is 59.4 Å². The van der Waals surface area contributed by atoms with E-state index in [0.717, 1.165) is 0 Å². The summed E-state index contributed by atoms with van der Waals surface area (Å²) in [5.74, 6) is 0.293. The number of benzene rings is 1. The monoisotopic (exact) mass is 361 g/mol. The molecule has 5 nitrogen and oxygen atoms in total. The highest BCUT2D eigenvalue weighted by Crippen LogP contribution is 2.39. The van der Waals surface area contributed by atoms with Gasteiger partial charge in [-0.1, -0.05) is 46.8 Å². The maximum absolute atomic E-state index is 12.6. The maximum Gasteiger partial charge on any atom is 0.235 e. The largest absolute Gasteiger partial charge is 0.491 e. The second-order valence-corrected chi connectivity index (χ2v) is 8.21. The van der Waals surface area contributed by atoms with Gasteiger partial charge in [0.05, 0.1) is 12.0 Å². The maximum atomic E-state index is 12.6. The zero-order chi connectivity index (χ0) is 19.5. The van der Waals surface area contributed by atoms with Crippen LogP contribution in [-0.2, 0) is 15.0 Å². The van der Waals surface area contributed by atoms with Crippen molar-refractivity contribution in [2.24, 2.45) is 5.41 Å². The molecule has 1 heterocycles. The summed E-state index contributed by atoms with van der Waals surface area (Å²) < 4.78 is 5.62. The summed E-state index contributed by atoms with van der Waals surface area (Å²) in [6.45, 7) is 10.3. The van der Waals surface area contributed by atoms with Crippen LogP contribution >= 0.6 is 0 Å². The first-order valence-electron chi connectivity index (χ1n) is 9.39. The Kier molecular flexibility index (Phi) is 6.12. The van der Waals surface area contributed by atoms with Crippen molar-refractivity contribution in [2.75, 3.05) is 13.2 Å². The first-order chi connectivity index (χ1) is 12.1. The Morgan fingerprint density at radius 2 is 1.73 bits per heavy atom. The van der Waals surface area contributed by atoms with Crippen molar-refractivity contribution in [1.29, 1.82) is 0 Å². The van der Waals surface area contributed by atoms with Gasteiger partial charge in [-0.05, 0) is 36.0 Å². The lowest BCUT2D eigenvalue weighted by molar-refractivity contribution is -0.143. The van der Waals surface area contributed by atoms with Crippen molar-refractivity contribution >= 4 is 11.8 Å². The topological polar surface area (TPSA) is 66.8 Å². The van der Waals surface area contributed by atoms with Crippen LogP contribution in [0.3, 0.4) is 0 Å². The summed E-state index contributed by atoms with van der Waals surface area (Å²) in [6, 6.07) is 7.76. The highest BCUT2D eigenvalue weighted by molar-refractivity contribution is 6.05. The molecule has 2 amide bonds. The Labute approximate surface area is 156 Å². The van der Waals surface area contributed by atoms with Crippen molar-refractivity contribution < 1.29 is 19.4 Å². The van der Waals surface area contributed by atoms with Crippen LogP contribution in [0.25, 0.3) is 0 Å². The molecule has 1 saturated heterocycles. The number of likely N-dealkylation sites (tertiary alicyclic amines) is 1. The summed E-state index contributed by atoms with van der Waals surface area (Å²) in [6.07, 6.45) is 0.602. The van der Waals surface area contributed by atoms with Crippen molar-refractivity contribution in [1.82, 2.24) is 4.90 Å². The lowest BCUT2D eigenvalue weighted by Crippen LogP contribution is -2.41. The van der Waals surface area contributed by atoms with Gasteiger partial charge in [-0.3, -0.25) is 14.5 Å². The zero-order valence-electron chi connectivity index (χ0n) is 16.5. The number of amides is 2. The fourth-order valence-electron chi connectivity index (χ4n) is 3.35. The summed E-state index contributed by atoms with van der Waals surface area (Å²) in [7, 11) is 0. The minimum Gasteiger partial charge on any atom is -0.491 e. The first kappa shape index (κ1) is 20.4. The molecule has 144 valence electrons. The predicted octanol–water partition coefficient (Wildman–Crippen LogP) is 3.29. The molecule has 1 aliphatic heterocycles. The number of carbonyl (C=O) groups excluding carboxylic acids is 2. The van der Waals surface area contributed by atoms with Crippen molar-refractivity contribution in [3.05, 3.63) is 29.8 Å². The number of carbonyl (C=O) groups is 2. The lowest BCUT2D eigenvalue weighted by atomic mass is 9.81. The SMILES string of the molecule is CCC1(CC)CC(=O)N(CC(O)COc2ccc(C(C)(C)C)cc2)C1=O. The molecule has 0 bridgehead atoms. The van der Waals surface area contributed by atoms with Crippen LogP contribution in [0.4, 0.5) is 0 Å². The van der Waals surface area contributed by atoms with Crippen molar-refractivity contribution in [3.63, 3.8) is 0 Å². The molecule has 5 heteroatoms. The van der Waals surface area contributed by atoms with Crippen LogP contribution in [0.5, 0.6) is 5.75 Å². The molecule has 1 atom stereocenters. The minimum atomic E-state index is -0.908. The third kappa shape index (κ3) is 4.26. The minimum absolute atomic E-state index is 0.0144. The fourth-order valence-corrected chi connectivity index (χ4v) is 3.35. The molecular formula is C21H31NO4. The van der Waals surface area contributed by atoms with Gasteiger partial charge in [-0.15, -0.1) is 0 Å². The number of aliphatic hydroxyl groups excluding tert-OH is 1. The number of nitrogens with zero attached hydrogens (tertiary/aromatic N) is 1. The van der Waals surface area contributed by atoms with Gasteiger partial charge in [-0.25, -0.2) is 0 Å². The molecule has 1 aromatic carbocycles. The van der Waals surface area contributed by atoms with E-state index in [1.165, 1.54) is 10.5 Å². The quantitative estimate of drug-likeness (QED) is 0.757. The van der Waals surface area contributed by atoms with E-state index in [1.807, 2.05) is 38.1 Å². The second-order valence-electron chi connectivity index (χ2n) is 8.21. The van der Waals surface area contributed by atoms with E-state index >= 15 is 0 Å². The van der Waals surface area contributed by atoms with Gasteiger partial charge in [0.25, 0.3) is 0 Å². The Morgan fingerprint density at radius 1 is 1.15 bits per heavy atom. The number of β-amino-alcohol motifs (C(OH)–C–C–N with tert-alkyl or cyclic N) is 1. The first-order valence-corrected chi connectivity index (χ1v) is 9.39. The van der Waals surface area contributed by atoms with E-state index in [1.54, 1.807) is 0 Å². The van der Waals surface area contributed by atoms with Gasteiger partial charge in [0, 0.05) is 6.42 Å². The van der Waals surface area contributed by atoms with E-state index < -0.39 is 11.5 Å². The zero-order valence-corrected chi connectivity index (χ0v) is 16.5. The summed E-state index contributed by atoms with van der Waals surface area (Å²) in [4.78, 5) is 26.0. The highest BCUT2D eigenvalue weighted by atomic mass is 16.5. The van der Waals surface area contributed by atoms with Gasteiger partial charge in [0.1, 0.15) is 18.5 Å². The molecule has 0 spiro atoms. The lowest BCUT2D eigenvalue weighted by Gasteiger charge is -2.25. The number of imide groups is 1. The van der Waals surface area contributed by atoms with E-state index in [9.17, 15) is 14.7 Å². The summed E-state index contributed by atoms with van der Waals surface area (Å²) in [5, 5.41) is 10.2. The molecule has 0 saturated carbocycles. The van der Waals surface area contributed by atoms with Crippen molar-refractivity contribution in [3.8, 4) is 5.75 Å². The third-order valence-corrected chi connectivity index (χ3v) is 5.40. The van der Waals surface area contributed by atoms with Crippen LogP contribution in [-0.4, -0.2) is 41.1 Å². The molecule has 0 aliphatic carbocycles.